The van der Waals surface area contributed by atoms with Crippen LogP contribution in [0.1, 0.15) is 26.2 Å². The highest BCUT2D eigenvalue weighted by Crippen LogP contribution is 2.31. The maximum Gasteiger partial charge on any atom is 0.323 e. The van der Waals surface area contributed by atoms with Crippen molar-refractivity contribution >= 4 is 40.9 Å². The van der Waals surface area contributed by atoms with Crippen molar-refractivity contribution in [2.45, 2.75) is 36.6 Å². The van der Waals surface area contributed by atoms with Crippen molar-refractivity contribution in [1.82, 2.24) is 0 Å². The van der Waals surface area contributed by atoms with Gasteiger partial charge in [-0.05, 0) is 43.2 Å². The molecule has 106 valence electrons. The zero-order chi connectivity index (χ0) is 14.5. The molecular formula is C13H17Cl2NO2S. The average molecular weight is 322 g/mol. The molecule has 19 heavy (non-hydrogen) atoms. The van der Waals surface area contributed by atoms with Crippen LogP contribution in [-0.2, 0) is 4.79 Å². The highest BCUT2D eigenvalue weighted by molar-refractivity contribution is 7.99. The summed E-state index contributed by atoms with van der Waals surface area (Å²) in [5.41, 5.74) is 4.69. The second-order valence-electron chi connectivity index (χ2n) is 4.34. The number of hydrogen-bond acceptors (Lipinski definition) is 3. The highest BCUT2D eigenvalue weighted by Gasteiger charge is 2.30. The number of aliphatic carboxylic acids is 1. The number of thioether (sulfide) groups is 1. The van der Waals surface area contributed by atoms with E-state index in [1.807, 2.05) is 0 Å². The molecule has 1 atom stereocenters. The normalized spacial score (nSPS) is 14.1. The standard InChI is InChI=1S/C13H17Cl2NO2S/c1-2-13(16,12(17)18)6-3-7-19-11-8-9(14)4-5-10(11)15/h4-5,8H,2-3,6-7,16H2,1H3,(H,17,18). The van der Waals surface area contributed by atoms with Gasteiger partial charge in [-0.2, -0.15) is 0 Å². The van der Waals surface area contributed by atoms with Crippen LogP contribution in [0.5, 0.6) is 0 Å². The fourth-order valence-electron chi connectivity index (χ4n) is 1.59. The van der Waals surface area contributed by atoms with Crippen LogP contribution in [0.15, 0.2) is 23.1 Å². The largest absolute Gasteiger partial charge is 0.480 e. The van der Waals surface area contributed by atoms with Crippen molar-refractivity contribution in [3.63, 3.8) is 0 Å². The number of hydrogen-bond donors (Lipinski definition) is 2. The Bertz CT molecular complexity index is 456. The smallest absolute Gasteiger partial charge is 0.323 e. The summed E-state index contributed by atoms with van der Waals surface area (Å²) in [4.78, 5) is 12.0. The lowest BCUT2D eigenvalue weighted by atomic mass is 9.92. The van der Waals surface area contributed by atoms with Gasteiger partial charge >= 0.3 is 5.97 Å². The predicted octanol–water partition coefficient (Wildman–Crippen LogP) is 4.06. The first-order chi connectivity index (χ1) is 8.89. The molecule has 0 amide bonds. The van der Waals surface area contributed by atoms with Gasteiger partial charge in [0.2, 0.25) is 0 Å². The van der Waals surface area contributed by atoms with Crippen molar-refractivity contribution in [1.29, 1.82) is 0 Å². The van der Waals surface area contributed by atoms with Crippen LogP contribution < -0.4 is 5.73 Å². The van der Waals surface area contributed by atoms with Crippen molar-refractivity contribution in [2.75, 3.05) is 5.75 Å². The molecule has 0 saturated heterocycles. The number of carboxylic acid groups (broad SMARTS) is 1. The number of carboxylic acids is 1. The van der Waals surface area contributed by atoms with Gasteiger partial charge in [-0.3, -0.25) is 4.79 Å². The summed E-state index contributed by atoms with van der Waals surface area (Å²) in [6, 6.07) is 5.30. The molecule has 0 radical (unpaired) electrons. The minimum atomic E-state index is -1.13. The number of halogens is 2. The van der Waals surface area contributed by atoms with Crippen LogP contribution in [0.4, 0.5) is 0 Å². The fraction of sp³-hybridized carbons (Fsp3) is 0.462. The van der Waals surface area contributed by atoms with Crippen LogP contribution in [0.25, 0.3) is 0 Å². The van der Waals surface area contributed by atoms with E-state index in [0.29, 0.717) is 29.3 Å². The van der Waals surface area contributed by atoms with Crippen LogP contribution >= 0.6 is 35.0 Å². The number of benzene rings is 1. The van der Waals surface area contributed by atoms with Crippen LogP contribution in [0.2, 0.25) is 10.0 Å². The Hall–Kier alpha value is -0.420. The molecule has 3 nitrogen and oxygen atoms in total. The zero-order valence-corrected chi connectivity index (χ0v) is 13.0. The summed E-state index contributed by atoms with van der Waals surface area (Å²) in [6.45, 7) is 1.79. The minimum absolute atomic E-state index is 0.422. The van der Waals surface area contributed by atoms with Gasteiger partial charge in [-0.1, -0.05) is 30.1 Å². The van der Waals surface area contributed by atoms with Crippen LogP contribution in [0.3, 0.4) is 0 Å². The van der Waals surface area contributed by atoms with E-state index in [0.717, 1.165) is 10.6 Å². The van der Waals surface area contributed by atoms with E-state index in [1.165, 1.54) is 0 Å². The molecule has 1 unspecified atom stereocenters. The Kier molecular flexibility index (Phi) is 6.47. The first-order valence-electron chi connectivity index (χ1n) is 5.99. The average Bonchev–Trinajstić information content (AvgIpc) is 2.38. The fourth-order valence-corrected chi connectivity index (χ4v) is 3.04. The third-order valence-corrected chi connectivity index (χ3v) is 4.79. The molecule has 1 rings (SSSR count). The molecule has 0 saturated carbocycles. The second kappa shape index (κ2) is 7.39. The lowest BCUT2D eigenvalue weighted by molar-refractivity contribution is -0.143. The van der Waals surface area contributed by atoms with Crippen molar-refractivity contribution in [2.24, 2.45) is 5.73 Å². The molecule has 1 aromatic rings. The molecule has 0 bridgehead atoms. The number of nitrogens with two attached hydrogens (primary N) is 1. The van der Waals surface area contributed by atoms with Gasteiger partial charge in [0.15, 0.2) is 0 Å². The maximum atomic E-state index is 11.0. The lowest BCUT2D eigenvalue weighted by Gasteiger charge is -2.22. The summed E-state index contributed by atoms with van der Waals surface area (Å²) < 4.78 is 0. The van der Waals surface area contributed by atoms with Crippen molar-refractivity contribution in [3.05, 3.63) is 28.2 Å². The van der Waals surface area contributed by atoms with Gasteiger partial charge in [0.25, 0.3) is 0 Å². The topological polar surface area (TPSA) is 63.3 Å². The quantitative estimate of drug-likeness (QED) is 0.587. The Morgan fingerprint density at radius 1 is 1.47 bits per heavy atom. The molecular weight excluding hydrogens is 305 g/mol. The maximum absolute atomic E-state index is 11.0. The molecule has 1 aromatic carbocycles. The molecule has 0 aliphatic heterocycles. The van der Waals surface area contributed by atoms with E-state index >= 15 is 0 Å². The summed E-state index contributed by atoms with van der Waals surface area (Å²) in [7, 11) is 0. The molecule has 0 heterocycles. The van der Waals surface area contributed by atoms with Gasteiger partial charge < -0.3 is 10.8 Å². The van der Waals surface area contributed by atoms with Gasteiger partial charge in [-0.15, -0.1) is 11.8 Å². The highest BCUT2D eigenvalue weighted by atomic mass is 35.5. The Balaban J connectivity index is 2.47. The molecule has 6 heteroatoms. The van der Waals surface area contributed by atoms with Gasteiger partial charge in [0.1, 0.15) is 5.54 Å². The van der Waals surface area contributed by atoms with Crippen molar-refractivity contribution in [3.8, 4) is 0 Å². The first kappa shape index (κ1) is 16.6. The third-order valence-electron chi connectivity index (χ3n) is 2.97. The lowest BCUT2D eigenvalue weighted by Crippen LogP contribution is -2.47. The van der Waals surface area contributed by atoms with Gasteiger partial charge in [0.05, 0.1) is 5.02 Å². The van der Waals surface area contributed by atoms with Gasteiger partial charge in [0, 0.05) is 9.92 Å². The van der Waals surface area contributed by atoms with E-state index in [2.05, 4.69) is 0 Å². The molecule has 0 spiro atoms. The molecule has 3 N–H and O–H groups in total. The minimum Gasteiger partial charge on any atom is -0.480 e. The second-order valence-corrected chi connectivity index (χ2v) is 6.32. The van der Waals surface area contributed by atoms with Crippen LogP contribution in [0, 0.1) is 0 Å². The summed E-state index contributed by atoms with van der Waals surface area (Å²) >= 11 is 13.5. The van der Waals surface area contributed by atoms with E-state index < -0.39 is 11.5 Å². The Morgan fingerprint density at radius 2 is 2.16 bits per heavy atom. The Morgan fingerprint density at radius 3 is 2.74 bits per heavy atom. The van der Waals surface area contributed by atoms with E-state index in [9.17, 15) is 4.79 Å². The SMILES string of the molecule is CCC(N)(CCCSc1cc(Cl)ccc1Cl)C(=O)O. The summed E-state index contributed by atoms with van der Waals surface area (Å²) in [5.74, 6) is -0.187. The van der Waals surface area contributed by atoms with E-state index in [4.69, 9.17) is 34.0 Å². The third kappa shape index (κ3) is 4.88. The summed E-state index contributed by atoms with van der Waals surface area (Å²) in [5, 5.41) is 10.4. The first-order valence-corrected chi connectivity index (χ1v) is 7.73. The predicted molar refractivity (Wildman–Crippen MR) is 81.3 cm³/mol. The summed E-state index contributed by atoms with van der Waals surface area (Å²) in [6.07, 6.45) is 1.58. The number of rotatable bonds is 7. The van der Waals surface area contributed by atoms with Crippen LogP contribution in [-0.4, -0.2) is 22.4 Å². The van der Waals surface area contributed by atoms with E-state index in [1.54, 1.807) is 36.9 Å². The van der Waals surface area contributed by atoms with Crippen molar-refractivity contribution < 1.29 is 9.90 Å². The number of carbonyl (C=O) groups is 1. The molecule has 0 aliphatic rings. The monoisotopic (exact) mass is 321 g/mol. The molecule has 0 aromatic heterocycles. The van der Waals surface area contributed by atoms with Gasteiger partial charge in [-0.25, -0.2) is 0 Å². The zero-order valence-electron chi connectivity index (χ0n) is 10.7. The van der Waals surface area contributed by atoms with E-state index in [-0.39, 0.29) is 0 Å². The molecule has 0 fully saturated rings. The Labute approximate surface area is 127 Å². The molecule has 0 aliphatic carbocycles.